The standard InChI is InChI=1S/C15H23N3O2/c1-9(2)12-7-6-11(5)13(8-12)17-18-15(20)14(19)16-10(3)4/h6,10,12H,1,7-8H2,2-5H3,(H,16,19)(H,18,20)/b17-13-/t12-/m1/s1. The number of hydrazone groups is 1. The molecule has 20 heavy (non-hydrogen) atoms. The minimum absolute atomic E-state index is 0.0787. The molecule has 0 spiro atoms. The van der Waals surface area contributed by atoms with Crippen LogP contribution in [0.3, 0.4) is 0 Å². The molecule has 1 aliphatic carbocycles. The van der Waals surface area contributed by atoms with Crippen LogP contribution in [0.25, 0.3) is 0 Å². The summed E-state index contributed by atoms with van der Waals surface area (Å²) in [5.41, 5.74) is 5.25. The van der Waals surface area contributed by atoms with E-state index in [1.807, 2.05) is 13.8 Å². The second-order valence-electron chi connectivity index (χ2n) is 5.50. The molecular formula is C15H23N3O2. The number of hydrogen-bond donors (Lipinski definition) is 2. The highest BCUT2D eigenvalue weighted by Crippen LogP contribution is 2.26. The molecule has 1 rings (SSSR count). The molecule has 0 radical (unpaired) electrons. The van der Waals surface area contributed by atoms with Gasteiger partial charge < -0.3 is 5.32 Å². The van der Waals surface area contributed by atoms with Gasteiger partial charge in [0.05, 0.1) is 5.71 Å². The lowest BCUT2D eigenvalue weighted by Gasteiger charge is -2.22. The molecule has 5 heteroatoms. The largest absolute Gasteiger partial charge is 0.346 e. The van der Waals surface area contributed by atoms with E-state index in [-0.39, 0.29) is 6.04 Å². The Labute approximate surface area is 120 Å². The number of rotatable bonds is 3. The molecule has 0 saturated heterocycles. The Bertz CT molecular complexity index is 476. The Hall–Kier alpha value is -1.91. The SMILES string of the molecule is C=C(C)[C@@H]1CC=C(C)/C(=N\NC(=O)C(=O)NC(C)C)C1. The van der Waals surface area contributed by atoms with Gasteiger partial charge in [0.2, 0.25) is 0 Å². The van der Waals surface area contributed by atoms with Crippen LogP contribution in [-0.4, -0.2) is 23.6 Å². The topological polar surface area (TPSA) is 70.6 Å². The molecule has 2 N–H and O–H groups in total. The van der Waals surface area contributed by atoms with Crippen LogP contribution in [0, 0.1) is 5.92 Å². The molecular weight excluding hydrogens is 254 g/mol. The summed E-state index contributed by atoms with van der Waals surface area (Å²) in [6.07, 6.45) is 3.77. The third kappa shape index (κ3) is 4.64. The smallest absolute Gasteiger partial charge is 0.329 e. The van der Waals surface area contributed by atoms with Crippen molar-refractivity contribution in [3.05, 3.63) is 23.8 Å². The van der Waals surface area contributed by atoms with E-state index in [9.17, 15) is 9.59 Å². The fourth-order valence-electron chi connectivity index (χ4n) is 1.92. The van der Waals surface area contributed by atoms with Gasteiger partial charge in [-0.15, -0.1) is 0 Å². The second-order valence-corrected chi connectivity index (χ2v) is 5.50. The number of amides is 2. The Kier molecular flexibility index (Phi) is 5.67. The molecule has 5 nitrogen and oxygen atoms in total. The van der Waals surface area contributed by atoms with Gasteiger partial charge >= 0.3 is 11.8 Å². The molecule has 0 bridgehead atoms. The molecule has 1 atom stereocenters. The van der Waals surface area contributed by atoms with Crippen molar-refractivity contribution in [2.24, 2.45) is 11.0 Å². The molecule has 0 heterocycles. The van der Waals surface area contributed by atoms with E-state index in [4.69, 9.17) is 0 Å². The van der Waals surface area contributed by atoms with Gasteiger partial charge in [0.15, 0.2) is 0 Å². The monoisotopic (exact) mass is 277 g/mol. The lowest BCUT2D eigenvalue weighted by Crippen LogP contribution is -2.41. The maximum atomic E-state index is 11.6. The summed E-state index contributed by atoms with van der Waals surface area (Å²) in [4.78, 5) is 23.0. The van der Waals surface area contributed by atoms with E-state index in [2.05, 4.69) is 28.5 Å². The fourth-order valence-corrected chi connectivity index (χ4v) is 1.92. The summed E-state index contributed by atoms with van der Waals surface area (Å²) in [7, 11) is 0. The Morgan fingerprint density at radius 3 is 2.60 bits per heavy atom. The predicted molar refractivity (Wildman–Crippen MR) is 80.2 cm³/mol. The molecule has 0 aliphatic heterocycles. The number of nitrogens with one attached hydrogen (secondary N) is 2. The van der Waals surface area contributed by atoms with Gasteiger partial charge in [0, 0.05) is 6.04 Å². The molecule has 0 aromatic heterocycles. The van der Waals surface area contributed by atoms with Gasteiger partial charge in [-0.2, -0.15) is 5.10 Å². The molecule has 0 unspecified atom stereocenters. The Morgan fingerprint density at radius 2 is 2.05 bits per heavy atom. The van der Waals surface area contributed by atoms with Crippen molar-refractivity contribution in [1.82, 2.24) is 10.7 Å². The minimum Gasteiger partial charge on any atom is -0.346 e. The van der Waals surface area contributed by atoms with Gasteiger partial charge in [-0.05, 0) is 52.0 Å². The van der Waals surface area contributed by atoms with Gasteiger partial charge in [-0.1, -0.05) is 18.2 Å². The van der Waals surface area contributed by atoms with E-state index >= 15 is 0 Å². The minimum atomic E-state index is -0.739. The fraction of sp³-hybridized carbons (Fsp3) is 0.533. The molecule has 0 fully saturated rings. The van der Waals surface area contributed by atoms with Crippen molar-refractivity contribution in [3.8, 4) is 0 Å². The average molecular weight is 277 g/mol. The first-order valence-corrected chi connectivity index (χ1v) is 6.81. The van der Waals surface area contributed by atoms with Gasteiger partial charge in [0.25, 0.3) is 0 Å². The number of carbonyl (C=O) groups is 2. The zero-order valence-electron chi connectivity index (χ0n) is 12.6. The van der Waals surface area contributed by atoms with Crippen molar-refractivity contribution in [3.63, 3.8) is 0 Å². The molecule has 0 aromatic carbocycles. The van der Waals surface area contributed by atoms with Gasteiger partial charge in [-0.3, -0.25) is 9.59 Å². The summed E-state index contributed by atoms with van der Waals surface area (Å²) < 4.78 is 0. The highest BCUT2D eigenvalue weighted by Gasteiger charge is 2.19. The zero-order valence-corrected chi connectivity index (χ0v) is 12.6. The van der Waals surface area contributed by atoms with Crippen molar-refractivity contribution in [1.29, 1.82) is 0 Å². The van der Waals surface area contributed by atoms with Crippen LogP contribution in [0.1, 0.15) is 40.5 Å². The second kappa shape index (κ2) is 7.03. The maximum Gasteiger partial charge on any atom is 0.329 e. The average Bonchev–Trinajstić information content (AvgIpc) is 2.36. The lowest BCUT2D eigenvalue weighted by molar-refractivity contribution is -0.139. The quantitative estimate of drug-likeness (QED) is 0.470. The maximum absolute atomic E-state index is 11.6. The van der Waals surface area contributed by atoms with Crippen molar-refractivity contribution in [2.45, 2.75) is 46.6 Å². The number of carbonyl (C=O) groups excluding carboxylic acids is 2. The summed E-state index contributed by atoms with van der Waals surface area (Å²) in [6, 6.07) is -0.0787. The molecule has 0 saturated carbocycles. The van der Waals surface area contributed by atoms with Gasteiger partial charge in [0.1, 0.15) is 0 Å². The molecule has 110 valence electrons. The number of nitrogens with zero attached hydrogens (tertiary/aromatic N) is 1. The highest BCUT2D eigenvalue weighted by molar-refractivity contribution is 6.35. The molecule has 1 aliphatic rings. The van der Waals surface area contributed by atoms with Crippen LogP contribution >= 0.6 is 0 Å². The van der Waals surface area contributed by atoms with Crippen LogP contribution in [-0.2, 0) is 9.59 Å². The van der Waals surface area contributed by atoms with Crippen molar-refractivity contribution in [2.75, 3.05) is 0 Å². The third-order valence-electron chi connectivity index (χ3n) is 3.22. The normalized spacial score (nSPS) is 20.6. The highest BCUT2D eigenvalue weighted by atomic mass is 16.2. The summed E-state index contributed by atoms with van der Waals surface area (Å²) in [5, 5.41) is 6.59. The summed E-state index contributed by atoms with van der Waals surface area (Å²) in [6.45, 7) is 11.5. The van der Waals surface area contributed by atoms with Gasteiger partial charge in [-0.25, -0.2) is 5.43 Å². The van der Waals surface area contributed by atoms with Crippen LogP contribution < -0.4 is 10.7 Å². The summed E-state index contributed by atoms with van der Waals surface area (Å²) >= 11 is 0. The van der Waals surface area contributed by atoms with Crippen molar-refractivity contribution < 1.29 is 9.59 Å². The lowest BCUT2D eigenvalue weighted by atomic mass is 9.85. The number of hydrogen-bond acceptors (Lipinski definition) is 3. The van der Waals surface area contributed by atoms with Crippen LogP contribution in [0.2, 0.25) is 0 Å². The van der Waals surface area contributed by atoms with Crippen LogP contribution in [0.15, 0.2) is 28.9 Å². The summed E-state index contributed by atoms with van der Waals surface area (Å²) in [5.74, 6) is -1.06. The first-order valence-electron chi connectivity index (χ1n) is 6.81. The van der Waals surface area contributed by atoms with Crippen LogP contribution in [0.4, 0.5) is 0 Å². The Balaban J connectivity index is 2.67. The first-order chi connectivity index (χ1) is 9.31. The Morgan fingerprint density at radius 1 is 1.40 bits per heavy atom. The number of allylic oxidation sites excluding steroid dienone is 3. The van der Waals surface area contributed by atoms with E-state index < -0.39 is 11.8 Å². The third-order valence-corrected chi connectivity index (χ3v) is 3.22. The zero-order chi connectivity index (χ0) is 15.3. The van der Waals surface area contributed by atoms with Crippen LogP contribution in [0.5, 0.6) is 0 Å². The molecule has 0 aromatic rings. The van der Waals surface area contributed by atoms with E-state index in [0.29, 0.717) is 5.92 Å². The van der Waals surface area contributed by atoms with Crippen molar-refractivity contribution >= 4 is 17.5 Å². The van der Waals surface area contributed by atoms with E-state index in [1.54, 1.807) is 13.8 Å². The first kappa shape index (κ1) is 16.1. The van der Waals surface area contributed by atoms with E-state index in [0.717, 1.165) is 29.7 Å². The molecule has 2 amide bonds. The predicted octanol–water partition coefficient (Wildman–Crippen LogP) is 1.92. The van der Waals surface area contributed by atoms with E-state index in [1.165, 1.54) is 0 Å².